The Hall–Kier alpha value is -2.05. The van der Waals surface area contributed by atoms with Crippen LogP contribution >= 0.6 is 11.6 Å². The highest BCUT2D eigenvalue weighted by Crippen LogP contribution is 2.38. The summed E-state index contributed by atoms with van der Waals surface area (Å²) < 4.78 is 27.9. The molecule has 0 aliphatic heterocycles. The minimum atomic E-state index is -3.77. The molecule has 0 heterocycles. The normalized spacial score (nSPS) is 19.3. The summed E-state index contributed by atoms with van der Waals surface area (Å²) in [5.74, 6) is 0.346. The third-order valence-electron chi connectivity index (χ3n) is 4.29. The average molecular weight is 379 g/mol. The van der Waals surface area contributed by atoms with Gasteiger partial charge in [-0.15, -0.1) is 0 Å². The van der Waals surface area contributed by atoms with Crippen LogP contribution in [0, 0.1) is 18.8 Å². The van der Waals surface area contributed by atoms with Crippen LogP contribution in [0.1, 0.15) is 18.9 Å². The molecule has 2 N–H and O–H groups in total. The molecule has 25 heavy (non-hydrogen) atoms. The third kappa shape index (κ3) is 4.14. The summed E-state index contributed by atoms with van der Waals surface area (Å²) in [6.07, 6.45) is 0.876. The molecule has 2 atom stereocenters. The molecule has 0 spiro atoms. The van der Waals surface area contributed by atoms with Crippen LogP contribution in [0.25, 0.3) is 0 Å². The Morgan fingerprint density at radius 2 is 1.72 bits per heavy atom. The lowest BCUT2D eigenvalue weighted by Gasteiger charge is -2.13. The van der Waals surface area contributed by atoms with Gasteiger partial charge in [-0.05, 0) is 61.2 Å². The SMILES string of the molecule is Cc1ccc(NC(=O)C2CC2C)cc1S(=O)(=O)Nc1ccc(Cl)cc1. The third-order valence-corrected chi connectivity index (χ3v) is 6.06. The molecule has 2 aromatic carbocycles. The van der Waals surface area contributed by atoms with Crippen LogP contribution in [0.4, 0.5) is 11.4 Å². The second-order valence-electron chi connectivity index (χ2n) is 6.40. The van der Waals surface area contributed by atoms with E-state index < -0.39 is 10.0 Å². The first kappa shape index (κ1) is 17.8. The van der Waals surface area contributed by atoms with Crippen LogP contribution in [0.2, 0.25) is 5.02 Å². The first-order valence-electron chi connectivity index (χ1n) is 7.96. The largest absolute Gasteiger partial charge is 0.326 e. The van der Waals surface area contributed by atoms with Crippen LogP contribution in [0.3, 0.4) is 0 Å². The number of aryl methyl sites for hydroxylation is 1. The fraction of sp³-hybridized carbons (Fsp3) is 0.278. The van der Waals surface area contributed by atoms with Gasteiger partial charge in [0.15, 0.2) is 0 Å². The molecule has 0 saturated heterocycles. The van der Waals surface area contributed by atoms with Crippen LogP contribution in [-0.2, 0) is 14.8 Å². The number of benzene rings is 2. The molecule has 3 rings (SSSR count). The van der Waals surface area contributed by atoms with Gasteiger partial charge in [-0.3, -0.25) is 9.52 Å². The molecule has 132 valence electrons. The van der Waals surface area contributed by atoms with E-state index in [4.69, 9.17) is 11.6 Å². The summed E-state index contributed by atoms with van der Waals surface area (Å²) in [6, 6.07) is 11.3. The zero-order chi connectivity index (χ0) is 18.2. The van der Waals surface area contributed by atoms with Gasteiger partial charge in [-0.25, -0.2) is 8.42 Å². The van der Waals surface area contributed by atoms with E-state index in [1.54, 1.807) is 43.3 Å². The van der Waals surface area contributed by atoms with Crippen molar-refractivity contribution in [2.45, 2.75) is 25.2 Å². The number of sulfonamides is 1. The lowest BCUT2D eigenvalue weighted by atomic mass is 10.2. The summed E-state index contributed by atoms with van der Waals surface area (Å²) in [6.45, 7) is 3.73. The zero-order valence-corrected chi connectivity index (χ0v) is 15.5. The molecule has 1 aliphatic carbocycles. The molecule has 2 unspecified atom stereocenters. The van der Waals surface area contributed by atoms with E-state index in [1.807, 2.05) is 6.92 Å². The predicted octanol–water partition coefficient (Wildman–Crippen LogP) is 4.04. The van der Waals surface area contributed by atoms with Gasteiger partial charge in [0.2, 0.25) is 5.91 Å². The van der Waals surface area contributed by atoms with Crippen molar-refractivity contribution in [3.8, 4) is 0 Å². The molecule has 0 radical (unpaired) electrons. The Labute approximate surface area is 152 Å². The molecule has 1 amide bonds. The summed E-state index contributed by atoms with van der Waals surface area (Å²) in [5.41, 5.74) is 1.50. The van der Waals surface area contributed by atoms with Crippen LogP contribution in [0.5, 0.6) is 0 Å². The Morgan fingerprint density at radius 1 is 1.12 bits per heavy atom. The monoisotopic (exact) mass is 378 g/mol. The molecule has 7 heteroatoms. The number of anilines is 2. The van der Waals surface area contributed by atoms with E-state index in [2.05, 4.69) is 10.0 Å². The van der Waals surface area contributed by atoms with Gasteiger partial charge in [0, 0.05) is 22.3 Å². The van der Waals surface area contributed by atoms with Crippen molar-refractivity contribution in [3.05, 3.63) is 53.1 Å². The molecular weight excluding hydrogens is 360 g/mol. The number of hydrogen-bond acceptors (Lipinski definition) is 3. The molecule has 1 fully saturated rings. The maximum Gasteiger partial charge on any atom is 0.262 e. The highest BCUT2D eigenvalue weighted by Gasteiger charge is 2.39. The Bertz CT molecular complexity index is 910. The summed E-state index contributed by atoms with van der Waals surface area (Å²) in [5, 5.41) is 3.32. The number of halogens is 1. The minimum Gasteiger partial charge on any atom is -0.326 e. The number of rotatable bonds is 5. The maximum absolute atomic E-state index is 12.7. The minimum absolute atomic E-state index is 0.0218. The summed E-state index contributed by atoms with van der Waals surface area (Å²) in [7, 11) is -3.77. The Balaban J connectivity index is 1.83. The molecule has 0 aromatic heterocycles. The fourth-order valence-electron chi connectivity index (χ4n) is 2.62. The van der Waals surface area contributed by atoms with E-state index in [9.17, 15) is 13.2 Å². The number of nitrogens with one attached hydrogen (secondary N) is 2. The van der Waals surface area contributed by atoms with E-state index >= 15 is 0 Å². The standard InChI is InChI=1S/C18H19ClN2O3S/c1-11-3-6-15(20-18(22)16-9-12(16)2)10-17(11)25(23,24)21-14-7-4-13(19)5-8-14/h3-8,10,12,16,21H,9H2,1-2H3,(H,20,22). The van der Waals surface area contributed by atoms with Gasteiger partial charge >= 0.3 is 0 Å². The summed E-state index contributed by atoms with van der Waals surface area (Å²) >= 11 is 5.82. The van der Waals surface area contributed by atoms with Crippen molar-refractivity contribution in [1.82, 2.24) is 0 Å². The van der Waals surface area contributed by atoms with Crippen molar-refractivity contribution >= 4 is 38.9 Å². The van der Waals surface area contributed by atoms with E-state index in [0.29, 0.717) is 27.9 Å². The first-order valence-corrected chi connectivity index (χ1v) is 9.82. The molecule has 1 saturated carbocycles. The zero-order valence-electron chi connectivity index (χ0n) is 13.9. The average Bonchev–Trinajstić information content (AvgIpc) is 3.28. The lowest BCUT2D eigenvalue weighted by molar-refractivity contribution is -0.117. The topological polar surface area (TPSA) is 75.3 Å². The van der Waals surface area contributed by atoms with Crippen LogP contribution in [0.15, 0.2) is 47.4 Å². The van der Waals surface area contributed by atoms with Crippen molar-refractivity contribution in [3.63, 3.8) is 0 Å². The van der Waals surface area contributed by atoms with Crippen LogP contribution < -0.4 is 10.0 Å². The number of amides is 1. The number of carbonyl (C=O) groups excluding carboxylic acids is 1. The van der Waals surface area contributed by atoms with Crippen molar-refractivity contribution in [1.29, 1.82) is 0 Å². The highest BCUT2D eigenvalue weighted by atomic mass is 35.5. The van der Waals surface area contributed by atoms with E-state index in [0.717, 1.165) is 6.42 Å². The van der Waals surface area contributed by atoms with Gasteiger partial charge in [0.25, 0.3) is 10.0 Å². The number of hydrogen-bond donors (Lipinski definition) is 2. The molecule has 0 bridgehead atoms. The van der Waals surface area contributed by atoms with Gasteiger partial charge in [0.1, 0.15) is 0 Å². The van der Waals surface area contributed by atoms with Gasteiger partial charge < -0.3 is 5.32 Å². The van der Waals surface area contributed by atoms with Crippen molar-refractivity contribution in [2.75, 3.05) is 10.0 Å². The number of carbonyl (C=O) groups is 1. The molecular formula is C18H19ClN2O3S. The highest BCUT2D eigenvalue weighted by molar-refractivity contribution is 7.92. The Morgan fingerprint density at radius 3 is 2.32 bits per heavy atom. The molecule has 2 aromatic rings. The first-order chi connectivity index (χ1) is 11.8. The van der Waals surface area contributed by atoms with Crippen molar-refractivity contribution < 1.29 is 13.2 Å². The van der Waals surface area contributed by atoms with E-state index in [1.165, 1.54) is 6.07 Å². The second kappa shape index (κ2) is 6.69. The second-order valence-corrected chi connectivity index (χ2v) is 8.49. The van der Waals surface area contributed by atoms with E-state index in [-0.39, 0.29) is 16.7 Å². The maximum atomic E-state index is 12.7. The Kier molecular flexibility index (Phi) is 4.75. The van der Waals surface area contributed by atoms with Gasteiger partial charge in [-0.2, -0.15) is 0 Å². The summed E-state index contributed by atoms with van der Waals surface area (Å²) in [4.78, 5) is 12.2. The molecule has 5 nitrogen and oxygen atoms in total. The van der Waals surface area contributed by atoms with Crippen LogP contribution in [-0.4, -0.2) is 14.3 Å². The fourth-order valence-corrected chi connectivity index (χ4v) is 4.07. The van der Waals surface area contributed by atoms with Crippen molar-refractivity contribution in [2.24, 2.45) is 11.8 Å². The predicted molar refractivity (Wildman–Crippen MR) is 99.3 cm³/mol. The van der Waals surface area contributed by atoms with Gasteiger partial charge in [-0.1, -0.05) is 24.6 Å². The lowest BCUT2D eigenvalue weighted by Crippen LogP contribution is -2.17. The quantitative estimate of drug-likeness (QED) is 0.824. The van der Waals surface area contributed by atoms with Gasteiger partial charge in [0.05, 0.1) is 4.90 Å². The smallest absolute Gasteiger partial charge is 0.262 e. The molecule has 1 aliphatic rings.